The first-order valence-corrected chi connectivity index (χ1v) is 11.0. The Morgan fingerprint density at radius 3 is 1.97 bits per heavy atom. The van der Waals surface area contributed by atoms with Gasteiger partial charge in [0, 0.05) is 11.1 Å². The Morgan fingerprint density at radius 1 is 0.727 bits per heavy atom. The minimum absolute atomic E-state index is 0.223. The molecule has 0 unspecified atom stereocenters. The molecule has 0 atom stereocenters. The molecule has 5 heteroatoms. The number of nitrogen functional groups attached to an aromatic ring is 1. The Labute approximate surface area is 193 Å². The van der Waals surface area contributed by atoms with Crippen LogP contribution in [0.3, 0.4) is 0 Å². The van der Waals surface area contributed by atoms with Gasteiger partial charge in [-0.15, -0.1) is 0 Å². The first-order chi connectivity index (χ1) is 15.9. The zero-order chi connectivity index (χ0) is 23.0. The highest BCUT2D eigenvalue weighted by atomic mass is 16.5. The number of ether oxygens (including phenoxy) is 1. The summed E-state index contributed by atoms with van der Waals surface area (Å²) in [5.41, 5.74) is 11.3. The lowest BCUT2D eigenvalue weighted by Gasteiger charge is -2.26. The van der Waals surface area contributed by atoms with Gasteiger partial charge < -0.3 is 15.0 Å². The molecule has 2 heterocycles. The number of aromatic nitrogens is 3. The smallest absolute Gasteiger partial charge is 0.147 e. The number of nitrogens with zero attached hydrogens (tertiary/aromatic N) is 3. The van der Waals surface area contributed by atoms with Gasteiger partial charge in [-0.25, -0.2) is 9.97 Å². The number of rotatable bonds is 4. The Kier molecular flexibility index (Phi) is 5.09. The third-order valence-corrected chi connectivity index (χ3v) is 5.62. The average Bonchev–Trinajstić information content (AvgIpc) is 3.18. The number of para-hydroxylation sites is 1. The van der Waals surface area contributed by atoms with Crippen molar-refractivity contribution < 1.29 is 4.74 Å². The molecule has 2 N–H and O–H groups in total. The molecule has 0 saturated heterocycles. The average molecular weight is 435 g/mol. The molecule has 0 amide bonds. The molecule has 5 aromatic rings. The van der Waals surface area contributed by atoms with Crippen LogP contribution in [0.1, 0.15) is 20.8 Å². The van der Waals surface area contributed by atoms with Crippen molar-refractivity contribution in [2.45, 2.75) is 26.3 Å². The van der Waals surface area contributed by atoms with E-state index in [2.05, 4.69) is 71.7 Å². The Bertz CT molecular complexity index is 1400. The maximum absolute atomic E-state index is 6.44. The molecule has 0 aliphatic rings. The van der Waals surface area contributed by atoms with E-state index in [1.807, 2.05) is 48.5 Å². The first kappa shape index (κ1) is 20.8. The molecule has 0 radical (unpaired) electrons. The molecular weight excluding hydrogens is 408 g/mol. The van der Waals surface area contributed by atoms with Crippen LogP contribution in [-0.4, -0.2) is 14.5 Å². The summed E-state index contributed by atoms with van der Waals surface area (Å²) < 4.78 is 8.26. The maximum Gasteiger partial charge on any atom is 0.147 e. The molecular formula is C28H26N4O. The number of hydrogen-bond donors (Lipinski definition) is 1. The highest BCUT2D eigenvalue weighted by Gasteiger charge is 2.28. The summed E-state index contributed by atoms with van der Waals surface area (Å²) in [7, 11) is 0. The summed E-state index contributed by atoms with van der Waals surface area (Å²) in [6.07, 6.45) is 1.54. The van der Waals surface area contributed by atoms with Gasteiger partial charge >= 0.3 is 0 Å². The van der Waals surface area contributed by atoms with E-state index in [0.717, 1.165) is 44.9 Å². The van der Waals surface area contributed by atoms with Gasteiger partial charge in [0.25, 0.3) is 0 Å². The Hall–Kier alpha value is -4.12. The number of anilines is 1. The summed E-state index contributed by atoms with van der Waals surface area (Å²) in [5, 5.41) is 0.864. The van der Waals surface area contributed by atoms with Crippen molar-refractivity contribution in [3.63, 3.8) is 0 Å². The van der Waals surface area contributed by atoms with Crippen LogP contribution in [0.5, 0.6) is 11.5 Å². The normalized spacial score (nSPS) is 11.6. The third-order valence-electron chi connectivity index (χ3n) is 5.62. The largest absolute Gasteiger partial charge is 0.457 e. The fraction of sp³-hybridized carbons (Fsp3) is 0.143. The molecule has 0 fully saturated rings. The van der Waals surface area contributed by atoms with Gasteiger partial charge in [0.05, 0.1) is 11.1 Å². The van der Waals surface area contributed by atoms with E-state index < -0.39 is 0 Å². The summed E-state index contributed by atoms with van der Waals surface area (Å²) in [4.78, 5) is 8.99. The van der Waals surface area contributed by atoms with Crippen molar-refractivity contribution in [3.05, 3.63) is 91.3 Å². The van der Waals surface area contributed by atoms with Gasteiger partial charge in [-0.1, -0.05) is 60.7 Å². The Balaban J connectivity index is 1.74. The zero-order valence-corrected chi connectivity index (χ0v) is 19.0. The van der Waals surface area contributed by atoms with Crippen molar-refractivity contribution >= 4 is 16.9 Å². The van der Waals surface area contributed by atoms with Gasteiger partial charge in [0.1, 0.15) is 29.3 Å². The van der Waals surface area contributed by atoms with E-state index in [4.69, 9.17) is 10.5 Å². The van der Waals surface area contributed by atoms with E-state index >= 15 is 0 Å². The van der Waals surface area contributed by atoms with Gasteiger partial charge in [-0.3, -0.25) is 0 Å². The van der Waals surface area contributed by atoms with Crippen LogP contribution in [0.4, 0.5) is 5.82 Å². The van der Waals surface area contributed by atoms with Crippen LogP contribution >= 0.6 is 0 Å². The van der Waals surface area contributed by atoms with E-state index in [-0.39, 0.29) is 5.54 Å². The van der Waals surface area contributed by atoms with E-state index in [1.54, 1.807) is 0 Å². The summed E-state index contributed by atoms with van der Waals surface area (Å²) in [6.45, 7) is 6.53. The van der Waals surface area contributed by atoms with Crippen molar-refractivity contribution in [1.82, 2.24) is 14.5 Å². The van der Waals surface area contributed by atoms with Crippen LogP contribution in [0, 0.1) is 0 Å². The molecule has 0 saturated carbocycles. The second kappa shape index (κ2) is 8.10. The molecule has 0 bridgehead atoms. The van der Waals surface area contributed by atoms with Crippen LogP contribution in [0.2, 0.25) is 0 Å². The number of benzene rings is 3. The van der Waals surface area contributed by atoms with Gasteiger partial charge in [-0.2, -0.15) is 0 Å². The number of nitrogens with two attached hydrogens (primary N) is 1. The molecule has 0 aliphatic heterocycles. The van der Waals surface area contributed by atoms with Crippen molar-refractivity contribution in [1.29, 1.82) is 0 Å². The second-order valence-corrected chi connectivity index (χ2v) is 8.99. The van der Waals surface area contributed by atoms with Crippen molar-refractivity contribution in [2.24, 2.45) is 0 Å². The van der Waals surface area contributed by atoms with Crippen LogP contribution in [-0.2, 0) is 5.54 Å². The fourth-order valence-corrected chi connectivity index (χ4v) is 4.25. The lowest BCUT2D eigenvalue weighted by molar-refractivity contribution is 0.413. The second-order valence-electron chi connectivity index (χ2n) is 8.99. The van der Waals surface area contributed by atoms with Crippen LogP contribution in [0.15, 0.2) is 91.3 Å². The SMILES string of the molecule is CC(C)(C)n1c(-c2ccccc2)c(-c2ccc(Oc3ccccc3)cc2)c2c(N)ncnc21. The summed E-state index contributed by atoms with van der Waals surface area (Å²) in [6, 6.07) is 28.2. The predicted molar refractivity (Wildman–Crippen MR) is 134 cm³/mol. The first-order valence-electron chi connectivity index (χ1n) is 11.0. The number of fused-ring (bicyclic) bond motifs is 1. The molecule has 0 spiro atoms. The van der Waals surface area contributed by atoms with Crippen molar-refractivity contribution in [3.8, 4) is 33.9 Å². The van der Waals surface area contributed by atoms with Gasteiger partial charge in [0.2, 0.25) is 0 Å². The van der Waals surface area contributed by atoms with Crippen molar-refractivity contribution in [2.75, 3.05) is 5.73 Å². The molecule has 5 nitrogen and oxygen atoms in total. The number of hydrogen-bond acceptors (Lipinski definition) is 4. The molecule has 164 valence electrons. The van der Waals surface area contributed by atoms with Crippen LogP contribution in [0.25, 0.3) is 33.4 Å². The van der Waals surface area contributed by atoms with Gasteiger partial charge in [-0.05, 0) is 56.2 Å². The Morgan fingerprint density at radius 2 is 1.33 bits per heavy atom. The van der Waals surface area contributed by atoms with E-state index in [9.17, 15) is 0 Å². The molecule has 3 aromatic carbocycles. The highest BCUT2D eigenvalue weighted by Crippen LogP contribution is 2.45. The summed E-state index contributed by atoms with van der Waals surface area (Å²) >= 11 is 0. The fourth-order valence-electron chi connectivity index (χ4n) is 4.25. The third kappa shape index (κ3) is 3.82. The standard InChI is InChI=1S/C28H26N4O/c1-28(2,3)32-25(20-10-6-4-7-11-20)23(24-26(29)30-18-31-27(24)32)19-14-16-22(17-15-19)33-21-12-8-5-9-13-21/h4-18H,1-3H3,(H2,29,30,31). The molecule has 2 aromatic heterocycles. The van der Waals surface area contributed by atoms with E-state index in [1.165, 1.54) is 6.33 Å². The highest BCUT2D eigenvalue weighted by molar-refractivity contribution is 6.08. The van der Waals surface area contributed by atoms with Gasteiger partial charge in [0.15, 0.2) is 0 Å². The monoisotopic (exact) mass is 434 g/mol. The lowest BCUT2D eigenvalue weighted by Crippen LogP contribution is -2.23. The molecule has 5 rings (SSSR count). The van der Waals surface area contributed by atoms with E-state index in [0.29, 0.717) is 5.82 Å². The molecule has 0 aliphatic carbocycles. The quantitative estimate of drug-likeness (QED) is 0.334. The topological polar surface area (TPSA) is 66.0 Å². The van der Waals surface area contributed by atoms with Crippen LogP contribution < -0.4 is 10.5 Å². The summed E-state index contributed by atoms with van der Waals surface area (Å²) in [5.74, 6) is 2.05. The maximum atomic E-state index is 6.44. The minimum Gasteiger partial charge on any atom is -0.457 e. The minimum atomic E-state index is -0.223. The zero-order valence-electron chi connectivity index (χ0n) is 19.0. The molecule has 33 heavy (non-hydrogen) atoms. The lowest BCUT2D eigenvalue weighted by atomic mass is 9.98. The predicted octanol–water partition coefficient (Wildman–Crippen LogP) is 6.89.